The SMILES string of the molecule is O=CNc1ccc(OCCOCCOc2ccc(NC=O)cc2)cc1. The van der Waals surface area contributed by atoms with Gasteiger partial charge in [0.1, 0.15) is 24.7 Å². The van der Waals surface area contributed by atoms with Crippen molar-refractivity contribution >= 4 is 24.2 Å². The van der Waals surface area contributed by atoms with Crippen molar-refractivity contribution in [3.8, 4) is 11.5 Å². The summed E-state index contributed by atoms with van der Waals surface area (Å²) in [5, 5.41) is 5.11. The largest absolute Gasteiger partial charge is 0.491 e. The van der Waals surface area contributed by atoms with Crippen molar-refractivity contribution < 1.29 is 23.8 Å². The van der Waals surface area contributed by atoms with Crippen LogP contribution in [0.2, 0.25) is 0 Å². The molecule has 0 saturated heterocycles. The van der Waals surface area contributed by atoms with Crippen LogP contribution in [0.15, 0.2) is 48.5 Å². The molecule has 0 aliphatic heterocycles. The van der Waals surface area contributed by atoms with Gasteiger partial charge in [0.2, 0.25) is 12.8 Å². The molecular weight excluding hydrogens is 324 g/mol. The normalized spacial score (nSPS) is 9.92. The Hall–Kier alpha value is -3.06. The fourth-order valence-corrected chi connectivity index (χ4v) is 1.97. The molecule has 0 fully saturated rings. The Labute approximate surface area is 145 Å². The molecule has 2 aromatic carbocycles. The highest BCUT2D eigenvalue weighted by molar-refractivity contribution is 5.71. The van der Waals surface area contributed by atoms with E-state index in [4.69, 9.17) is 14.2 Å². The first-order chi connectivity index (χ1) is 12.3. The van der Waals surface area contributed by atoms with E-state index >= 15 is 0 Å². The van der Waals surface area contributed by atoms with Gasteiger partial charge in [-0.05, 0) is 48.5 Å². The monoisotopic (exact) mass is 344 g/mol. The lowest BCUT2D eigenvalue weighted by atomic mass is 10.3. The first kappa shape index (κ1) is 18.3. The molecule has 0 aliphatic carbocycles. The maximum Gasteiger partial charge on any atom is 0.211 e. The van der Waals surface area contributed by atoms with Crippen LogP contribution in [0.3, 0.4) is 0 Å². The number of ether oxygens (including phenoxy) is 3. The van der Waals surface area contributed by atoms with Crippen LogP contribution >= 0.6 is 0 Å². The molecule has 7 heteroatoms. The van der Waals surface area contributed by atoms with Gasteiger partial charge < -0.3 is 24.8 Å². The van der Waals surface area contributed by atoms with Crippen LogP contribution < -0.4 is 20.1 Å². The fourth-order valence-electron chi connectivity index (χ4n) is 1.97. The first-order valence-electron chi connectivity index (χ1n) is 7.75. The lowest BCUT2D eigenvalue weighted by Crippen LogP contribution is -2.12. The zero-order valence-electron chi connectivity index (χ0n) is 13.6. The summed E-state index contributed by atoms with van der Waals surface area (Å²) < 4.78 is 16.5. The summed E-state index contributed by atoms with van der Waals surface area (Å²) in [7, 11) is 0. The smallest absolute Gasteiger partial charge is 0.211 e. The van der Waals surface area contributed by atoms with E-state index in [2.05, 4.69) is 10.6 Å². The highest BCUT2D eigenvalue weighted by Crippen LogP contribution is 2.15. The zero-order valence-corrected chi connectivity index (χ0v) is 13.6. The van der Waals surface area contributed by atoms with Crippen LogP contribution in [0.4, 0.5) is 11.4 Å². The van der Waals surface area contributed by atoms with E-state index in [-0.39, 0.29) is 0 Å². The van der Waals surface area contributed by atoms with Gasteiger partial charge in [0.05, 0.1) is 13.2 Å². The summed E-state index contributed by atoms with van der Waals surface area (Å²) in [6.45, 7) is 1.73. The maximum atomic E-state index is 10.3. The van der Waals surface area contributed by atoms with Gasteiger partial charge in [-0.25, -0.2) is 0 Å². The number of carbonyl (C=O) groups is 2. The van der Waals surface area contributed by atoms with E-state index < -0.39 is 0 Å². The van der Waals surface area contributed by atoms with E-state index in [1.165, 1.54) is 0 Å². The number of hydrogen-bond acceptors (Lipinski definition) is 5. The minimum Gasteiger partial charge on any atom is -0.491 e. The van der Waals surface area contributed by atoms with Gasteiger partial charge in [-0.15, -0.1) is 0 Å². The maximum absolute atomic E-state index is 10.3. The second kappa shape index (κ2) is 10.7. The fraction of sp³-hybridized carbons (Fsp3) is 0.222. The molecule has 0 aromatic heterocycles. The molecule has 25 heavy (non-hydrogen) atoms. The quantitative estimate of drug-likeness (QED) is 0.456. The van der Waals surface area contributed by atoms with Gasteiger partial charge >= 0.3 is 0 Å². The average Bonchev–Trinajstić information content (AvgIpc) is 2.64. The Morgan fingerprint density at radius 2 is 1.04 bits per heavy atom. The molecule has 0 atom stereocenters. The molecular formula is C18H20N2O5. The number of anilines is 2. The van der Waals surface area contributed by atoms with Crippen LogP contribution in [-0.2, 0) is 14.3 Å². The Balaban J connectivity index is 1.54. The Morgan fingerprint density at radius 3 is 1.40 bits per heavy atom. The predicted octanol–water partition coefficient (Wildman–Crippen LogP) is 2.30. The molecule has 2 amide bonds. The molecule has 2 rings (SSSR count). The predicted molar refractivity (Wildman–Crippen MR) is 94.1 cm³/mol. The number of amides is 2. The highest BCUT2D eigenvalue weighted by atomic mass is 16.5. The number of benzene rings is 2. The van der Waals surface area contributed by atoms with Crippen molar-refractivity contribution in [3.05, 3.63) is 48.5 Å². The van der Waals surface area contributed by atoms with Crippen molar-refractivity contribution in [2.75, 3.05) is 37.1 Å². The lowest BCUT2D eigenvalue weighted by molar-refractivity contribution is -0.106. The van der Waals surface area contributed by atoms with Crippen molar-refractivity contribution in [2.24, 2.45) is 0 Å². The molecule has 7 nitrogen and oxygen atoms in total. The summed E-state index contributed by atoms with van der Waals surface area (Å²) in [5.41, 5.74) is 1.43. The molecule has 0 spiro atoms. The van der Waals surface area contributed by atoms with E-state index in [1.807, 2.05) is 0 Å². The molecule has 0 radical (unpaired) electrons. The van der Waals surface area contributed by atoms with Gasteiger partial charge in [0.25, 0.3) is 0 Å². The summed E-state index contributed by atoms with van der Waals surface area (Å²) in [5.74, 6) is 1.42. The molecule has 0 heterocycles. The number of hydrogen-bond donors (Lipinski definition) is 2. The molecule has 0 bridgehead atoms. The molecule has 2 N–H and O–H groups in total. The van der Waals surface area contributed by atoms with E-state index in [0.717, 1.165) is 0 Å². The van der Waals surface area contributed by atoms with Crippen molar-refractivity contribution in [2.45, 2.75) is 0 Å². The Morgan fingerprint density at radius 1 is 0.640 bits per heavy atom. The van der Waals surface area contributed by atoms with Crippen LogP contribution in [0, 0.1) is 0 Å². The van der Waals surface area contributed by atoms with Crippen molar-refractivity contribution in [1.82, 2.24) is 0 Å². The summed E-state index contributed by atoms with van der Waals surface area (Å²) in [4.78, 5) is 20.6. The molecule has 2 aromatic rings. The highest BCUT2D eigenvalue weighted by Gasteiger charge is 1.97. The molecule has 0 aliphatic rings. The van der Waals surface area contributed by atoms with Crippen LogP contribution in [0.5, 0.6) is 11.5 Å². The number of carbonyl (C=O) groups excluding carboxylic acids is 2. The minimum absolute atomic E-state index is 0.423. The Kier molecular flexibility index (Phi) is 7.80. The van der Waals surface area contributed by atoms with E-state index in [1.54, 1.807) is 48.5 Å². The third kappa shape index (κ3) is 6.92. The van der Waals surface area contributed by atoms with Gasteiger partial charge in [-0.2, -0.15) is 0 Å². The van der Waals surface area contributed by atoms with E-state index in [9.17, 15) is 9.59 Å². The van der Waals surface area contributed by atoms with Crippen molar-refractivity contribution in [1.29, 1.82) is 0 Å². The molecule has 132 valence electrons. The number of nitrogens with one attached hydrogen (secondary N) is 2. The van der Waals surface area contributed by atoms with Gasteiger partial charge in [-0.1, -0.05) is 0 Å². The molecule has 0 unspecified atom stereocenters. The van der Waals surface area contributed by atoms with Gasteiger partial charge in [0.15, 0.2) is 0 Å². The Bertz CT molecular complexity index is 586. The average molecular weight is 344 g/mol. The van der Waals surface area contributed by atoms with Gasteiger partial charge in [0, 0.05) is 11.4 Å². The topological polar surface area (TPSA) is 85.9 Å². The molecule has 0 saturated carbocycles. The second-order valence-corrected chi connectivity index (χ2v) is 4.88. The summed E-state index contributed by atoms with van der Waals surface area (Å²) in [6.07, 6.45) is 1.25. The summed E-state index contributed by atoms with van der Waals surface area (Å²) in [6, 6.07) is 14.1. The first-order valence-corrected chi connectivity index (χ1v) is 7.75. The van der Waals surface area contributed by atoms with Crippen molar-refractivity contribution in [3.63, 3.8) is 0 Å². The van der Waals surface area contributed by atoms with Gasteiger partial charge in [-0.3, -0.25) is 9.59 Å². The van der Waals surface area contributed by atoms with E-state index in [0.29, 0.717) is 62.1 Å². The van der Waals surface area contributed by atoms with Crippen LogP contribution in [0.25, 0.3) is 0 Å². The van der Waals surface area contributed by atoms with Crippen LogP contribution in [0.1, 0.15) is 0 Å². The zero-order chi connectivity index (χ0) is 17.7. The third-order valence-electron chi connectivity index (χ3n) is 3.15. The third-order valence-corrected chi connectivity index (χ3v) is 3.15. The minimum atomic E-state index is 0.423. The number of rotatable bonds is 12. The lowest BCUT2D eigenvalue weighted by Gasteiger charge is -2.09. The van der Waals surface area contributed by atoms with Crippen LogP contribution in [-0.4, -0.2) is 39.2 Å². The summed E-state index contributed by atoms with van der Waals surface area (Å²) >= 11 is 0. The second-order valence-electron chi connectivity index (χ2n) is 4.88. The standard InChI is InChI=1S/C18H20N2O5/c21-13-19-15-1-5-17(6-2-15)24-11-9-23-10-12-25-18-7-3-16(4-8-18)20-14-22/h1-8,13-14H,9-12H2,(H,19,21)(H,20,22).